The Hall–Kier alpha value is -0.170. The van der Waals surface area contributed by atoms with E-state index < -0.39 is 10.0 Å². The topological polar surface area (TPSA) is 69.6 Å². The first-order valence-electron chi connectivity index (χ1n) is 6.32. The molecule has 0 spiro atoms. The maximum Gasteiger partial charge on any atom is 0.218 e. The molecule has 0 amide bonds. The molecule has 0 radical (unpaired) electrons. The number of rotatable bonds is 6. The van der Waals surface area contributed by atoms with Crippen molar-refractivity contribution in [3.63, 3.8) is 0 Å². The zero-order valence-electron chi connectivity index (χ0n) is 10.7. The Morgan fingerprint density at radius 1 is 1.47 bits per heavy atom. The van der Waals surface area contributed by atoms with E-state index in [1.54, 1.807) is 0 Å². The molecule has 1 aliphatic rings. The van der Waals surface area contributed by atoms with Crippen LogP contribution in [0.25, 0.3) is 0 Å². The average Bonchev–Trinajstić information content (AvgIpc) is 2.30. The van der Waals surface area contributed by atoms with Crippen molar-refractivity contribution in [1.82, 2.24) is 9.62 Å². The van der Waals surface area contributed by atoms with Crippen LogP contribution >= 0.6 is 0 Å². The van der Waals surface area contributed by atoms with Crippen LogP contribution in [0.3, 0.4) is 0 Å². The van der Waals surface area contributed by atoms with Crippen LogP contribution in [-0.2, 0) is 10.0 Å². The highest BCUT2D eigenvalue weighted by Gasteiger charge is 2.33. The lowest BCUT2D eigenvalue weighted by atomic mass is 10.2. The molecule has 0 aromatic rings. The van der Waals surface area contributed by atoms with Crippen LogP contribution in [0.15, 0.2) is 0 Å². The number of nitrogens with zero attached hydrogens (tertiary/aromatic N) is 1. The molecule has 1 rings (SSSR count). The van der Waals surface area contributed by atoms with Gasteiger partial charge in [0.1, 0.15) is 0 Å². The molecule has 102 valence electrons. The average molecular weight is 264 g/mol. The van der Waals surface area contributed by atoms with E-state index in [0.717, 1.165) is 19.4 Å². The molecule has 6 heteroatoms. The quantitative estimate of drug-likeness (QED) is 0.717. The number of piperidine rings is 1. The van der Waals surface area contributed by atoms with E-state index in [4.69, 9.17) is 5.11 Å². The highest BCUT2D eigenvalue weighted by molar-refractivity contribution is 7.89. The Morgan fingerprint density at radius 2 is 2.18 bits per heavy atom. The molecule has 1 unspecified atom stereocenters. The molecule has 0 aromatic carbocycles. The second kappa shape index (κ2) is 6.68. The van der Waals surface area contributed by atoms with Crippen molar-refractivity contribution in [2.75, 3.05) is 26.2 Å². The number of sulfonamides is 1. The Kier molecular flexibility index (Phi) is 5.85. The van der Waals surface area contributed by atoms with Crippen molar-refractivity contribution in [2.24, 2.45) is 0 Å². The van der Waals surface area contributed by atoms with Gasteiger partial charge in [-0.2, -0.15) is 4.31 Å². The monoisotopic (exact) mass is 264 g/mol. The largest absolute Gasteiger partial charge is 0.396 e. The molecular formula is C11H24N2O3S. The minimum atomic E-state index is -3.24. The maximum atomic E-state index is 12.4. The van der Waals surface area contributed by atoms with Gasteiger partial charge in [0.05, 0.1) is 5.25 Å². The SMILES string of the molecule is CC(C)N(CCCO)S(=O)(=O)C1CCCNC1. The highest BCUT2D eigenvalue weighted by atomic mass is 32.2. The van der Waals surface area contributed by atoms with E-state index in [1.165, 1.54) is 4.31 Å². The van der Waals surface area contributed by atoms with Gasteiger partial charge in [0.2, 0.25) is 10.0 Å². The van der Waals surface area contributed by atoms with Crippen molar-refractivity contribution < 1.29 is 13.5 Å². The lowest BCUT2D eigenvalue weighted by Gasteiger charge is -2.32. The van der Waals surface area contributed by atoms with E-state index in [9.17, 15) is 8.42 Å². The summed E-state index contributed by atoms with van der Waals surface area (Å²) in [6, 6.07) is -0.0477. The Bertz CT molecular complexity index is 311. The van der Waals surface area contributed by atoms with Crippen LogP contribution in [0.2, 0.25) is 0 Å². The van der Waals surface area contributed by atoms with Gasteiger partial charge in [0, 0.05) is 25.7 Å². The van der Waals surface area contributed by atoms with E-state index in [0.29, 0.717) is 19.5 Å². The molecule has 1 aliphatic heterocycles. The first kappa shape index (κ1) is 14.9. The molecule has 17 heavy (non-hydrogen) atoms. The van der Waals surface area contributed by atoms with Gasteiger partial charge in [0.15, 0.2) is 0 Å². The van der Waals surface area contributed by atoms with Crippen LogP contribution in [0, 0.1) is 0 Å². The van der Waals surface area contributed by atoms with Crippen LogP contribution < -0.4 is 5.32 Å². The lowest BCUT2D eigenvalue weighted by Crippen LogP contribution is -2.48. The predicted molar refractivity (Wildman–Crippen MR) is 68.4 cm³/mol. The number of nitrogens with one attached hydrogen (secondary N) is 1. The molecule has 1 saturated heterocycles. The molecule has 1 atom stereocenters. The summed E-state index contributed by atoms with van der Waals surface area (Å²) in [6.45, 7) is 5.65. The van der Waals surface area contributed by atoms with Gasteiger partial charge < -0.3 is 10.4 Å². The number of aliphatic hydroxyl groups is 1. The summed E-state index contributed by atoms with van der Waals surface area (Å²) in [7, 11) is -3.24. The maximum absolute atomic E-state index is 12.4. The van der Waals surface area contributed by atoms with E-state index in [-0.39, 0.29) is 17.9 Å². The summed E-state index contributed by atoms with van der Waals surface area (Å²) in [6.07, 6.45) is 2.14. The zero-order valence-corrected chi connectivity index (χ0v) is 11.5. The van der Waals surface area contributed by atoms with Crippen LogP contribution in [0.1, 0.15) is 33.1 Å². The lowest BCUT2D eigenvalue weighted by molar-refractivity contribution is 0.256. The second-order valence-corrected chi connectivity index (χ2v) is 6.96. The van der Waals surface area contributed by atoms with Crippen LogP contribution in [0.5, 0.6) is 0 Å². The van der Waals surface area contributed by atoms with Gasteiger partial charge >= 0.3 is 0 Å². The Labute approximate surface area is 104 Å². The fraction of sp³-hybridized carbons (Fsp3) is 1.00. The molecule has 5 nitrogen and oxygen atoms in total. The third-order valence-electron chi connectivity index (χ3n) is 3.11. The van der Waals surface area contributed by atoms with Crippen molar-refractivity contribution in [1.29, 1.82) is 0 Å². The summed E-state index contributed by atoms with van der Waals surface area (Å²) in [5.41, 5.74) is 0. The summed E-state index contributed by atoms with van der Waals surface area (Å²) < 4.78 is 26.4. The number of aliphatic hydroxyl groups excluding tert-OH is 1. The van der Waals surface area contributed by atoms with Gasteiger partial charge in [-0.1, -0.05) is 0 Å². The number of hydrogen-bond donors (Lipinski definition) is 2. The van der Waals surface area contributed by atoms with Gasteiger partial charge in [-0.15, -0.1) is 0 Å². The van der Waals surface area contributed by atoms with Gasteiger partial charge in [-0.3, -0.25) is 0 Å². The minimum absolute atomic E-state index is 0.0294. The Balaban J connectivity index is 2.75. The minimum Gasteiger partial charge on any atom is -0.396 e. The molecule has 0 bridgehead atoms. The summed E-state index contributed by atoms with van der Waals surface area (Å²) in [5, 5.41) is 11.7. The van der Waals surface area contributed by atoms with Crippen LogP contribution in [-0.4, -0.2) is 55.4 Å². The van der Waals surface area contributed by atoms with Gasteiger partial charge in [-0.05, 0) is 39.7 Å². The smallest absolute Gasteiger partial charge is 0.218 e. The number of hydrogen-bond acceptors (Lipinski definition) is 4. The van der Waals surface area contributed by atoms with Crippen molar-refractivity contribution >= 4 is 10.0 Å². The first-order chi connectivity index (χ1) is 8.00. The predicted octanol–water partition coefficient (Wildman–Crippen LogP) is 0.161. The molecule has 2 N–H and O–H groups in total. The van der Waals surface area contributed by atoms with Crippen molar-refractivity contribution in [3.8, 4) is 0 Å². The third kappa shape index (κ3) is 3.91. The first-order valence-corrected chi connectivity index (χ1v) is 7.82. The molecule has 0 aliphatic carbocycles. The van der Waals surface area contributed by atoms with Crippen molar-refractivity contribution in [3.05, 3.63) is 0 Å². The standard InChI is InChI=1S/C11H24N2O3S/c1-10(2)13(7-4-8-14)17(15,16)11-5-3-6-12-9-11/h10-12,14H,3-9H2,1-2H3. The molecular weight excluding hydrogens is 240 g/mol. The van der Waals surface area contributed by atoms with E-state index >= 15 is 0 Å². The normalized spacial score (nSPS) is 22.3. The van der Waals surface area contributed by atoms with E-state index in [2.05, 4.69) is 5.32 Å². The third-order valence-corrected chi connectivity index (χ3v) is 5.62. The fourth-order valence-electron chi connectivity index (χ4n) is 2.17. The van der Waals surface area contributed by atoms with Crippen molar-refractivity contribution in [2.45, 2.75) is 44.4 Å². The zero-order chi connectivity index (χ0) is 12.9. The summed E-state index contributed by atoms with van der Waals surface area (Å²) in [5.74, 6) is 0. The summed E-state index contributed by atoms with van der Waals surface area (Å²) in [4.78, 5) is 0. The van der Waals surface area contributed by atoms with Crippen LogP contribution in [0.4, 0.5) is 0 Å². The van der Waals surface area contributed by atoms with E-state index in [1.807, 2.05) is 13.8 Å². The van der Waals surface area contributed by atoms with Gasteiger partial charge in [-0.25, -0.2) is 8.42 Å². The van der Waals surface area contributed by atoms with Gasteiger partial charge in [0.25, 0.3) is 0 Å². The highest BCUT2D eigenvalue weighted by Crippen LogP contribution is 2.19. The molecule has 1 heterocycles. The molecule has 0 aromatic heterocycles. The second-order valence-electron chi connectivity index (χ2n) is 4.79. The summed E-state index contributed by atoms with van der Waals surface area (Å²) >= 11 is 0. The molecule has 1 fully saturated rings. The Morgan fingerprint density at radius 3 is 2.65 bits per heavy atom. The fourth-order valence-corrected chi connectivity index (χ4v) is 4.32. The molecule has 0 saturated carbocycles.